The first-order valence-electron chi connectivity index (χ1n) is 4.81. The van der Waals surface area contributed by atoms with E-state index in [0.29, 0.717) is 18.8 Å². The summed E-state index contributed by atoms with van der Waals surface area (Å²) in [7, 11) is 0. The first-order valence-corrected chi connectivity index (χ1v) is 6.42. The summed E-state index contributed by atoms with van der Waals surface area (Å²) in [5, 5.41) is 0. The van der Waals surface area contributed by atoms with E-state index in [4.69, 9.17) is 4.74 Å². The van der Waals surface area contributed by atoms with Crippen molar-refractivity contribution in [3.63, 3.8) is 0 Å². The van der Waals surface area contributed by atoms with Gasteiger partial charge in [-0.15, -0.1) is 11.3 Å². The van der Waals surface area contributed by atoms with Gasteiger partial charge >= 0.3 is 0 Å². The molecule has 0 unspecified atom stereocenters. The van der Waals surface area contributed by atoms with Crippen LogP contribution in [0.3, 0.4) is 0 Å². The van der Waals surface area contributed by atoms with Crippen molar-refractivity contribution >= 4 is 27.3 Å². The summed E-state index contributed by atoms with van der Waals surface area (Å²) in [5.41, 5.74) is 0.595. The van der Waals surface area contributed by atoms with Crippen LogP contribution in [0.2, 0.25) is 0 Å². The number of halogens is 2. The highest BCUT2D eigenvalue weighted by molar-refractivity contribution is 9.11. The lowest BCUT2D eigenvalue weighted by Crippen LogP contribution is -1.95. The molecule has 0 spiro atoms. The molecule has 84 valence electrons. The maximum absolute atomic E-state index is 13.2. The number of ether oxygens (including phenoxy) is 1. The Hall–Kier alpha value is -0.710. The van der Waals surface area contributed by atoms with Crippen LogP contribution in [0.15, 0.2) is 40.2 Å². The lowest BCUT2D eigenvalue weighted by atomic mass is 10.2. The van der Waals surface area contributed by atoms with Gasteiger partial charge in [0, 0.05) is 10.4 Å². The van der Waals surface area contributed by atoms with E-state index < -0.39 is 0 Å². The summed E-state index contributed by atoms with van der Waals surface area (Å²) in [6.07, 6.45) is 0. The molecule has 0 N–H and O–H groups in total. The van der Waals surface area contributed by atoms with Crippen LogP contribution in [0.1, 0.15) is 10.4 Å². The van der Waals surface area contributed by atoms with Crippen molar-refractivity contribution in [2.45, 2.75) is 13.2 Å². The van der Waals surface area contributed by atoms with Crippen LogP contribution in [0.25, 0.3) is 0 Å². The van der Waals surface area contributed by atoms with Gasteiger partial charge in [-0.3, -0.25) is 0 Å². The molecular formula is C12H10BrFOS. The van der Waals surface area contributed by atoms with Crippen LogP contribution in [0, 0.1) is 5.82 Å². The van der Waals surface area contributed by atoms with E-state index in [1.54, 1.807) is 23.5 Å². The summed E-state index contributed by atoms with van der Waals surface area (Å²) in [5.74, 6) is -0.213. The molecular weight excluding hydrogens is 291 g/mol. The van der Waals surface area contributed by atoms with E-state index in [9.17, 15) is 4.39 Å². The normalized spacial score (nSPS) is 10.6. The summed E-state index contributed by atoms with van der Waals surface area (Å²) in [6, 6.07) is 10.6. The van der Waals surface area contributed by atoms with E-state index in [1.807, 2.05) is 18.2 Å². The molecule has 0 saturated heterocycles. The topological polar surface area (TPSA) is 9.23 Å². The van der Waals surface area contributed by atoms with Crippen molar-refractivity contribution in [1.29, 1.82) is 0 Å². The number of hydrogen-bond donors (Lipinski definition) is 0. The van der Waals surface area contributed by atoms with Gasteiger partial charge < -0.3 is 4.74 Å². The molecule has 1 aromatic carbocycles. The minimum atomic E-state index is -0.213. The number of hydrogen-bond acceptors (Lipinski definition) is 2. The molecule has 16 heavy (non-hydrogen) atoms. The smallest absolute Gasteiger partial charge is 0.128 e. The standard InChI is InChI=1S/C12H10BrFOS/c13-12-6-5-10(16-12)8-15-7-9-3-1-2-4-11(9)14/h1-6H,7-8H2. The third-order valence-electron chi connectivity index (χ3n) is 2.09. The molecule has 0 amide bonds. The zero-order chi connectivity index (χ0) is 11.4. The van der Waals surface area contributed by atoms with Crippen LogP contribution in [0.5, 0.6) is 0 Å². The maximum Gasteiger partial charge on any atom is 0.128 e. The molecule has 0 aliphatic carbocycles. The van der Waals surface area contributed by atoms with Crippen LogP contribution in [-0.2, 0) is 18.0 Å². The van der Waals surface area contributed by atoms with E-state index >= 15 is 0 Å². The molecule has 1 heterocycles. The van der Waals surface area contributed by atoms with Crippen molar-refractivity contribution < 1.29 is 9.13 Å². The van der Waals surface area contributed by atoms with Gasteiger partial charge in [0.05, 0.1) is 17.0 Å². The largest absolute Gasteiger partial charge is 0.371 e. The van der Waals surface area contributed by atoms with Gasteiger partial charge in [0.15, 0.2) is 0 Å². The van der Waals surface area contributed by atoms with Gasteiger partial charge in [-0.1, -0.05) is 18.2 Å². The molecule has 2 aromatic rings. The van der Waals surface area contributed by atoms with Gasteiger partial charge in [0.25, 0.3) is 0 Å². The Morgan fingerprint density at radius 3 is 2.62 bits per heavy atom. The van der Waals surface area contributed by atoms with Crippen molar-refractivity contribution in [2.24, 2.45) is 0 Å². The van der Waals surface area contributed by atoms with E-state index in [2.05, 4.69) is 15.9 Å². The summed E-state index contributed by atoms with van der Waals surface area (Å²) >= 11 is 5.01. The Morgan fingerprint density at radius 1 is 1.12 bits per heavy atom. The molecule has 4 heteroatoms. The average molecular weight is 301 g/mol. The van der Waals surface area contributed by atoms with Crippen molar-refractivity contribution in [2.75, 3.05) is 0 Å². The minimum absolute atomic E-state index is 0.213. The van der Waals surface area contributed by atoms with Crippen LogP contribution >= 0.6 is 27.3 Å². The van der Waals surface area contributed by atoms with Crippen LogP contribution < -0.4 is 0 Å². The lowest BCUT2D eigenvalue weighted by Gasteiger charge is -2.03. The second-order valence-corrected chi connectivity index (χ2v) is 5.84. The Kier molecular flexibility index (Phi) is 4.09. The van der Waals surface area contributed by atoms with E-state index in [1.165, 1.54) is 6.07 Å². The Labute approximate surface area is 106 Å². The summed E-state index contributed by atoms with van der Waals surface area (Å²) in [6.45, 7) is 0.826. The molecule has 0 aliphatic heterocycles. The maximum atomic E-state index is 13.2. The molecule has 0 saturated carbocycles. The number of rotatable bonds is 4. The average Bonchev–Trinajstić information content (AvgIpc) is 2.67. The number of thiophene rings is 1. The first kappa shape index (κ1) is 11.8. The van der Waals surface area contributed by atoms with Crippen LogP contribution in [0.4, 0.5) is 4.39 Å². The molecule has 0 bridgehead atoms. The molecule has 0 radical (unpaired) electrons. The Morgan fingerprint density at radius 2 is 1.94 bits per heavy atom. The molecule has 0 atom stereocenters. The third kappa shape index (κ3) is 3.14. The predicted octanol–water partition coefficient (Wildman–Crippen LogP) is 4.37. The second-order valence-electron chi connectivity index (χ2n) is 3.29. The molecule has 1 aromatic heterocycles. The number of benzene rings is 1. The SMILES string of the molecule is Fc1ccccc1COCc1ccc(Br)s1. The van der Waals surface area contributed by atoms with Gasteiger partial charge in [-0.2, -0.15) is 0 Å². The fourth-order valence-corrected chi connectivity index (χ4v) is 2.73. The fraction of sp³-hybridized carbons (Fsp3) is 0.167. The Balaban J connectivity index is 1.87. The van der Waals surface area contributed by atoms with E-state index in [-0.39, 0.29) is 5.82 Å². The summed E-state index contributed by atoms with van der Waals surface area (Å²) in [4.78, 5) is 1.13. The predicted molar refractivity (Wildman–Crippen MR) is 66.9 cm³/mol. The van der Waals surface area contributed by atoms with Crippen molar-refractivity contribution in [3.05, 3.63) is 56.4 Å². The van der Waals surface area contributed by atoms with Gasteiger partial charge in [-0.05, 0) is 34.1 Å². The minimum Gasteiger partial charge on any atom is -0.371 e. The van der Waals surface area contributed by atoms with Gasteiger partial charge in [0.1, 0.15) is 5.82 Å². The first-order chi connectivity index (χ1) is 7.75. The molecule has 0 fully saturated rings. The fourth-order valence-electron chi connectivity index (χ4n) is 1.31. The lowest BCUT2D eigenvalue weighted by molar-refractivity contribution is 0.107. The van der Waals surface area contributed by atoms with Crippen molar-refractivity contribution in [1.82, 2.24) is 0 Å². The third-order valence-corrected chi connectivity index (χ3v) is 3.69. The van der Waals surface area contributed by atoms with Gasteiger partial charge in [0.2, 0.25) is 0 Å². The highest BCUT2D eigenvalue weighted by Crippen LogP contribution is 2.23. The van der Waals surface area contributed by atoms with Gasteiger partial charge in [-0.25, -0.2) is 4.39 Å². The highest BCUT2D eigenvalue weighted by atomic mass is 79.9. The zero-order valence-electron chi connectivity index (χ0n) is 8.45. The summed E-state index contributed by atoms with van der Waals surface area (Å²) < 4.78 is 19.8. The quantitative estimate of drug-likeness (QED) is 0.815. The second kappa shape index (κ2) is 5.57. The molecule has 2 rings (SSSR count). The Bertz CT molecular complexity index is 470. The monoisotopic (exact) mass is 300 g/mol. The van der Waals surface area contributed by atoms with Crippen molar-refractivity contribution in [3.8, 4) is 0 Å². The molecule has 1 nitrogen and oxygen atoms in total. The molecule has 0 aliphatic rings. The van der Waals surface area contributed by atoms with E-state index in [0.717, 1.165) is 8.66 Å². The highest BCUT2D eigenvalue weighted by Gasteiger charge is 2.02. The van der Waals surface area contributed by atoms with Crippen LogP contribution in [-0.4, -0.2) is 0 Å². The zero-order valence-corrected chi connectivity index (χ0v) is 10.9.